The molecule has 4 nitrogen and oxygen atoms in total. The third-order valence-electron chi connectivity index (χ3n) is 3.00. The van der Waals surface area contributed by atoms with Gasteiger partial charge in [0.15, 0.2) is 12.6 Å². The Morgan fingerprint density at radius 1 is 0.833 bits per heavy atom. The van der Waals surface area contributed by atoms with Crippen molar-refractivity contribution in [1.82, 2.24) is 0 Å². The SMILES string of the molecule is C/C=C/C(O)OC1CCC(OC(O)/C=C/C)CC1. The monoisotopic (exact) mass is 256 g/mol. The van der Waals surface area contributed by atoms with Gasteiger partial charge in [-0.05, 0) is 51.7 Å². The normalized spacial score (nSPS) is 28.9. The van der Waals surface area contributed by atoms with Crippen molar-refractivity contribution in [1.29, 1.82) is 0 Å². The molecule has 0 heterocycles. The van der Waals surface area contributed by atoms with Crippen LogP contribution in [0.25, 0.3) is 0 Å². The fraction of sp³-hybridized carbons (Fsp3) is 0.714. The number of aliphatic hydroxyl groups excluding tert-OH is 2. The summed E-state index contributed by atoms with van der Waals surface area (Å²) in [6, 6.07) is 0. The highest BCUT2D eigenvalue weighted by atomic mass is 16.6. The molecule has 1 aliphatic rings. The highest BCUT2D eigenvalue weighted by Crippen LogP contribution is 2.25. The first kappa shape index (κ1) is 15.4. The zero-order valence-electron chi connectivity index (χ0n) is 11.2. The van der Waals surface area contributed by atoms with Crippen LogP contribution >= 0.6 is 0 Å². The van der Waals surface area contributed by atoms with Crippen molar-refractivity contribution in [2.24, 2.45) is 0 Å². The zero-order valence-corrected chi connectivity index (χ0v) is 11.2. The second-order valence-corrected chi connectivity index (χ2v) is 4.50. The molecule has 2 N–H and O–H groups in total. The van der Waals surface area contributed by atoms with E-state index in [1.807, 2.05) is 13.8 Å². The molecule has 1 rings (SSSR count). The minimum Gasteiger partial charge on any atom is -0.365 e. The number of aliphatic hydroxyl groups is 2. The number of hydrogen-bond donors (Lipinski definition) is 2. The van der Waals surface area contributed by atoms with Crippen molar-refractivity contribution in [3.63, 3.8) is 0 Å². The smallest absolute Gasteiger partial charge is 0.174 e. The maximum absolute atomic E-state index is 9.49. The summed E-state index contributed by atoms with van der Waals surface area (Å²) < 4.78 is 10.9. The average molecular weight is 256 g/mol. The van der Waals surface area contributed by atoms with E-state index in [0.717, 1.165) is 25.7 Å². The van der Waals surface area contributed by atoms with E-state index >= 15 is 0 Å². The maximum Gasteiger partial charge on any atom is 0.174 e. The van der Waals surface area contributed by atoms with Crippen molar-refractivity contribution in [3.8, 4) is 0 Å². The predicted molar refractivity (Wildman–Crippen MR) is 69.9 cm³/mol. The van der Waals surface area contributed by atoms with E-state index in [-0.39, 0.29) is 12.2 Å². The number of hydrogen-bond acceptors (Lipinski definition) is 4. The molecule has 0 amide bonds. The van der Waals surface area contributed by atoms with Crippen LogP contribution in [0.3, 0.4) is 0 Å². The standard InChI is InChI=1S/C14H24O4/c1-3-5-13(15)17-11-7-9-12(10-8-11)18-14(16)6-4-2/h3-6,11-16H,7-10H2,1-2H3/b5-3+,6-4+. The zero-order chi connectivity index (χ0) is 13.4. The molecule has 1 fully saturated rings. The fourth-order valence-corrected chi connectivity index (χ4v) is 2.12. The third-order valence-corrected chi connectivity index (χ3v) is 3.00. The van der Waals surface area contributed by atoms with Gasteiger partial charge in [-0.3, -0.25) is 0 Å². The van der Waals surface area contributed by atoms with E-state index < -0.39 is 12.6 Å². The average Bonchev–Trinajstić information content (AvgIpc) is 2.32. The number of rotatable bonds is 6. The molecule has 0 aromatic heterocycles. The molecule has 0 aromatic rings. The van der Waals surface area contributed by atoms with Gasteiger partial charge in [-0.25, -0.2) is 0 Å². The summed E-state index contributed by atoms with van der Waals surface area (Å²) in [7, 11) is 0. The van der Waals surface area contributed by atoms with Gasteiger partial charge in [0, 0.05) is 0 Å². The van der Waals surface area contributed by atoms with Gasteiger partial charge < -0.3 is 19.7 Å². The quantitative estimate of drug-likeness (QED) is 0.564. The van der Waals surface area contributed by atoms with Crippen molar-refractivity contribution >= 4 is 0 Å². The van der Waals surface area contributed by atoms with Crippen LogP contribution in [0.4, 0.5) is 0 Å². The number of ether oxygens (including phenoxy) is 2. The number of allylic oxidation sites excluding steroid dienone is 2. The van der Waals surface area contributed by atoms with Crippen molar-refractivity contribution < 1.29 is 19.7 Å². The van der Waals surface area contributed by atoms with Crippen LogP contribution in [0.1, 0.15) is 39.5 Å². The van der Waals surface area contributed by atoms with Crippen LogP contribution in [0.5, 0.6) is 0 Å². The molecular formula is C14H24O4. The van der Waals surface area contributed by atoms with Crippen LogP contribution < -0.4 is 0 Å². The summed E-state index contributed by atoms with van der Waals surface area (Å²) in [6.45, 7) is 3.69. The summed E-state index contributed by atoms with van der Waals surface area (Å²) in [5.74, 6) is 0. The molecule has 104 valence electrons. The molecule has 0 bridgehead atoms. The Balaban J connectivity index is 2.24. The minimum atomic E-state index is -0.814. The lowest BCUT2D eigenvalue weighted by Crippen LogP contribution is -2.31. The molecule has 0 aliphatic heterocycles. The molecule has 0 spiro atoms. The van der Waals surface area contributed by atoms with Gasteiger partial charge in [0.1, 0.15) is 0 Å². The lowest BCUT2D eigenvalue weighted by molar-refractivity contribution is -0.149. The largest absolute Gasteiger partial charge is 0.365 e. The lowest BCUT2D eigenvalue weighted by Gasteiger charge is -2.30. The van der Waals surface area contributed by atoms with Gasteiger partial charge in [-0.2, -0.15) is 0 Å². The molecule has 2 unspecified atom stereocenters. The summed E-state index contributed by atoms with van der Waals surface area (Å²) in [6.07, 6.45) is 8.71. The first-order chi connectivity index (χ1) is 8.65. The minimum absolute atomic E-state index is 0.0786. The fourth-order valence-electron chi connectivity index (χ4n) is 2.12. The van der Waals surface area contributed by atoms with Crippen LogP contribution in [-0.2, 0) is 9.47 Å². The van der Waals surface area contributed by atoms with Gasteiger partial charge >= 0.3 is 0 Å². The van der Waals surface area contributed by atoms with E-state index in [0.29, 0.717) is 0 Å². The topological polar surface area (TPSA) is 58.9 Å². The molecule has 1 aliphatic carbocycles. The molecule has 18 heavy (non-hydrogen) atoms. The third kappa shape index (κ3) is 5.78. The summed E-state index contributed by atoms with van der Waals surface area (Å²) in [5.41, 5.74) is 0. The van der Waals surface area contributed by atoms with Gasteiger partial charge in [0.25, 0.3) is 0 Å². The van der Waals surface area contributed by atoms with Crippen LogP contribution in [0.15, 0.2) is 24.3 Å². The van der Waals surface area contributed by atoms with Gasteiger partial charge in [-0.15, -0.1) is 0 Å². The van der Waals surface area contributed by atoms with Gasteiger partial charge in [0.2, 0.25) is 0 Å². The predicted octanol–water partition coefficient (Wildman–Crippen LogP) is 2.12. The van der Waals surface area contributed by atoms with Crippen LogP contribution in [0, 0.1) is 0 Å². The van der Waals surface area contributed by atoms with Crippen LogP contribution in [-0.4, -0.2) is 35.0 Å². The van der Waals surface area contributed by atoms with Crippen LogP contribution in [0.2, 0.25) is 0 Å². The Morgan fingerprint density at radius 3 is 1.44 bits per heavy atom. The Labute approximate surface area is 109 Å². The highest BCUT2D eigenvalue weighted by molar-refractivity contribution is 4.84. The Morgan fingerprint density at radius 2 is 1.17 bits per heavy atom. The second-order valence-electron chi connectivity index (χ2n) is 4.50. The summed E-state index contributed by atoms with van der Waals surface area (Å²) in [4.78, 5) is 0. The molecular weight excluding hydrogens is 232 g/mol. The first-order valence-corrected chi connectivity index (χ1v) is 6.58. The van der Waals surface area contributed by atoms with E-state index in [1.54, 1.807) is 24.3 Å². The van der Waals surface area contributed by atoms with Gasteiger partial charge in [0.05, 0.1) is 12.2 Å². The molecule has 0 saturated heterocycles. The summed E-state index contributed by atoms with van der Waals surface area (Å²) in [5, 5.41) is 19.0. The molecule has 0 radical (unpaired) electrons. The molecule has 1 saturated carbocycles. The van der Waals surface area contributed by atoms with E-state index in [9.17, 15) is 10.2 Å². The Hall–Kier alpha value is -0.680. The molecule has 0 aromatic carbocycles. The van der Waals surface area contributed by atoms with E-state index in [1.165, 1.54) is 0 Å². The lowest BCUT2D eigenvalue weighted by atomic mass is 9.95. The van der Waals surface area contributed by atoms with Gasteiger partial charge in [-0.1, -0.05) is 12.2 Å². The Bertz CT molecular complexity index is 239. The first-order valence-electron chi connectivity index (χ1n) is 6.58. The maximum atomic E-state index is 9.49. The Kier molecular flexibility index (Phi) is 7.20. The van der Waals surface area contributed by atoms with E-state index in [4.69, 9.17) is 9.47 Å². The highest BCUT2D eigenvalue weighted by Gasteiger charge is 2.24. The van der Waals surface area contributed by atoms with Crippen molar-refractivity contribution in [3.05, 3.63) is 24.3 Å². The van der Waals surface area contributed by atoms with Crippen molar-refractivity contribution in [2.75, 3.05) is 0 Å². The molecule has 2 atom stereocenters. The second kappa shape index (κ2) is 8.43. The summed E-state index contributed by atoms with van der Waals surface area (Å²) >= 11 is 0. The van der Waals surface area contributed by atoms with Crippen molar-refractivity contribution in [2.45, 2.75) is 64.3 Å². The van der Waals surface area contributed by atoms with E-state index in [2.05, 4.69) is 0 Å². The molecule has 4 heteroatoms.